The molecule has 23 heavy (non-hydrogen) atoms. The first kappa shape index (κ1) is 16.2. The lowest BCUT2D eigenvalue weighted by Crippen LogP contribution is -2.45. The van der Waals surface area contributed by atoms with Crippen molar-refractivity contribution >= 4 is 16.1 Å². The lowest BCUT2D eigenvalue weighted by atomic mass is 9.93. The van der Waals surface area contributed by atoms with Crippen molar-refractivity contribution in [1.82, 2.24) is 4.90 Å². The molecular weight excluding hydrogens is 321 g/mol. The Morgan fingerprint density at radius 1 is 1.26 bits per heavy atom. The van der Waals surface area contributed by atoms with Crippen molar-refractivity contribution in [2.45, 2.75) is 19.3 Å². The summed E-state index contributed by atoms with van der Waals surface area (Å²) in [5.41, 5.74) is 1.04. The van der Waals surface area contributed by atoms with Crippen LogP contribution in [-0.2, 0) is 21.4 Å². The molecule has 5 nitrogen and oxygen atoms in total. The second kappa shape index (κ2) is 6.47. The number of benzene rings is 1. The third-order valence-corrected chi connectivity index (χ3v) is 5.46. The highest BCUT2D eigenvalue weighted by molar-refractivity contribution is 7.86. The van der Waals surface area contributed by atoms with Gasteiger partial charge in [0, 0.05) is 13.1 Å². The van der Waals surface area contributed by atoms with Gasteiger partial charge in [-0.3, -0.25) is 4.79 Å². The molecule has 0 spiro atoms. The van der Waals surface area contributed by atoms with Gasteiger partial charge >= 0.3 is 10.2 Å². The number of piperidine rings is 1. The van der Waals surface area contributed by atoms with Gasteiger partial charge in [-0.05, 0) is 36.8 Å². The maximum Gasteiger partial charge on any atom is 0.302 e. The van der Waals surface area contributed by atoms with Crippen LogP contribution in [0.3, 0.4) is 0 Å². The van der Waals surface area contributed by atoms with Gasteiger partial charge < -0.3 is 9.64 Å². The third kappa shape index (κ3) is 4.02. The zero-order valence-corrected chi connectivity index (χ0v) is 13.6. The average Bonchev–Trinajstić information content (AvgIpc) is 2.53. The summed E-state index contributed by atoms with van der Waals surface area (Å²) in [6.45, 7) is 1.34. The third-order valence-electron chi connectivity index (χ3n) is 4.59. The zero-order chi connectivity index (χ0) is 16.4. The SMILES string of the molecule is O=C(C1COc2ccccc2C1)N1CCC(CS(=O)(=O)F)CC1. The molecule has 2 heterocycles. The Hall–Kier alpha value is -1.63. The molecule has 2 aliphatic heterocycles. The highest BCUT2D eigenvalue weighted by Crippen LogP contribution is 2.29. The molecule has 1 fully saturated rings. The van der Waals surface area contributed by atoms with Gasteiger partial charge in [0.05, 0.1) is 11.7 Å². The van der Waals surface area contributed by atoms with E-state index in [4.69, 9.17) is 4.74 Å². The standard InChI is InChI=1S/C16H20FNO4S/c17-23(20,21)11-12-5-7-18(8-6-12)16(19)14-9-13-3-1-2-4-15(13)22-10-14/h1-4,12,14H,5-11H2. The summed E-state index contributed by atoms with van der Waals surface area (Å²) in [7, 11) is -4.44. The zero-order valence-electron chi connectivity index (χ0n) is 12.8. The van der Waals surface area contributed by atoms with E-state index in [-0.39, 0.29) is 17.7 Å². The summed E-state index contributed by atoms with van der Waals surface area (Å²) in [6.07, 6.45) is 1.71. The number of likely N-dealkylation sites (tertiary alicyclic amines) is 1. The van der Waals surface area contributed by atoms with Crippen LogP contribution in [0, 0.1) is 11.8 Å². The molecule has 1 aromatic carbocycles. The maximum absolute atomic E-state index is 12.7. The Kier molecular flexibility index (Phi) is 4.57. The van der Waals surface area contributed by atoms with Crippen LogP contribution in [0.4, 0.5) is 3.89 Å². The largest absolute Gasteiger partial charge is 0.492 e. The normalized spacial score (nSPS) is 22.3. The van der Waals surface area contributed by atoms with Crippen LogP contribution in [0.1, 0.15) is 18.4 Å². The van der Waals surface area contributed by atoms with Crippen LogP contribution in [0.15, 0.2) is 24.3 Å². The van der Waals surface area contributed by atoms with E-state index in [1.807, 2.05) is 24.3 Å². The predicted molar refractivity (Wildman–Crippen MR) is 83.3 cm³/mol. The average molecular weight is 341 g/mol. The van der Waals surface area contributed by atoms with Crippen molar-refractivity contribution in [3.05, 3.63) is 29.8 Å². The second-order valence-electron chi connectivity index (χ2n) is 6.29. The van der Waals surface area contributed by atoms with Gasteiger partial charge in [0.2, 0.25) is 5.91 Å². The fourth-order valence-corrected chi connectivity index (χ4v) is 4.24. The summed E-state index contributed by atoms with van der Waals surface area (Å²) in [5.74, 6) is 0.0443. The van der Waals surface area contributed by atoms with Gasteiger partial charge in [-0.1, -0.05) is 18.2 Å². The molecule has 0 radical (unpaired) electrons. The first-order valence-electron chi connectivity index (χ1n) is 7.84. The van der Waals surface area contributed by atoms with Crippen molar-refractivity contribution < 1.29 is 21.8 Å². The quantitative estimate of drug-likeness (QED) is 0.786. The summed E-state index contributed by atoms with van der Waals surface area (Å²) in [5, 5.41) is 0. The summed E-state index contributed by atoms with van der Waals surface area (Å²) >= 11 is 0. The van der Waals surface area contributed by atoms with Gasteiger partial charge in [-0.15, -0.1) is 3.89 Å². The molecule has 7 heteroatoms. The monoisotopic (exact) mass is 341 g/mol. The number of fused-ring (bicyclic) bond motifs is 1. The summed E-state index contributed by atoms with van der Waals surface area (Å²) in [6, 6.07) is 7.70. The topological polar surface area (TPSA) is 63.7 Å². The van der Waals surface area contributed by atoms with Crippen molar-refractivity contribution in [2.75, 3.05) is 25.4 Å². The number of ether oxygens (including phenoxy) is 1. The van der Waals surface area contributed by atoms with Crippen LogP contribution in [0.25, 0.3) is 0 Å². The Bertz CT molecular complexity index is 683. The molecule has 3 rings (SSSR count). The van der Waals surface area contributed by atoms with Gasteiger partial charge in [0.1, 0.15) is 12.4 Å². The molecule has 1 atom stereocenters. The smallest absolute Gasteiger partial charge is 0.302 e. The first-order chi connectivity index (χ1) is 10.9. The molecule has 2 aliphatic rings. The van der Waals surface area contributed by atoms with Crippen molar-refractivity contribution in [1.29, 1.82) is 0 Å². The van der Waals surface area contributed by atoms with E-state index in [0.29, 0.717) is 39.0 Å². The number of nitrogens with zero attached hydrogens (tertiary/aromatic N) is 1. The van der Waals surface area contributed by atoms with Crippen molar-refractivity contribution in [3.8, 4) is 5.75 Å². The van der Waals surface area contributed by atoms with Gasteiger partial charge in [0.15, 0.2) is 0 Å². The minimum atomic E-state index is -4.44. The fourth-order valence-electron chi connectivity index (χ4n) is 3.35. The molecule has 0 N–H and O–H groups in total. The van der Waals surface area contributed by atoms with Gasteiger partial charge in [0.25, 0.3) is 0 Å². The number of hydrogen-bond acceptors (Lipinski definition) is 4. The highest BCUT2D eigenvalue weighted by Gasteiger charge is 2.32. The van der Waals surface area contributed by atoms with Crippen molar-refractivity contribution in [3.63, 3.8) is 0 Å². The van der Waals surface area contributed by atoms with E-state index in [9.17, 15) is 17.1 Å². The van der Waals surface area contributed by atoms with Crippen LogP contribution in [-0.4, -0.2) is 44.7 Å². The van der Waals surface area contributed by atoms with Crippen LogP contribution in [0.5, 0.6) is 5.75 Å². The molecular formula is C16H20FNO4S. The van der Waals surface area contributed by atoms with E-state index in [1.165, 1.54) is 0 Å². The molecule has 0 bridgehead atoms. The Labute approximate surface area is 135 Å². The molecule has 126 valence electrons. The Morgan fingerprint density at radius 3 is 2.65 bits per heavy atom. The summed E-state index contributed by atoms with van der Waals surface area (Å²) in [4.78, 5) is 14.4. The van der Waals surface area contributed by atoms with Gasteiger partial charge in [-0.25, -0.2) is 0 Å². The predicted octanol–water partition coefficient (Wildman–Crippen LogP) is 1.78. The summed E-state index contributed by atoms with van der Waals surface area (Å²) < 4.78 is 39.8. The van der Waals surface area contributed by atoms with E-state index >= 15 is 0 Å². The molecule has 1 unspecified atom stereocenters. The van der Waals surface area contributed by atoms with Crippen LogP contribution in [0.2, 0.25) is 0 Å². The number of para-hydroxylation sites is 1. The minimum Gasteiger partial charge on any atom is -0.492 e. The van der Waals surface area contributed by atoms with E-state index in [0.717, 1.165) is 11.3 Å². The molecule has 1 aromatic rings. The number of hydrogen-bond donors (Lipinski definition) is 0. The maximum atomic E-state index is 12.7. The molecule has 1 amide bonds. The molecule has 0 aromatic heterocycles. The minimum absolute atomic E-state index is 0.0426. The molecule has 0 saturated carbocycles. The number of halogens is 1. The van der Waals surface area contributed by atoms with Crippen molar-refractivity contribution in [2.24, 2.45) is 11.8 Å². The highest BCUT2D eigenvalue weighted by atomic mass is 32.3. The Morgan fingerprint density at radius 2 is 1.96 bits per heavy atom. The fraction of sp³-hybridized carbons (Fsp3) is 0.562. The first-order valence-corrected chi connectivity index (χ1v) is 9.39. The van der Waals surface area contributed by atoms with E-state index in [2.05, 4.69) is 0 Å². The number of amides is 1. The second-order valence-corrected chi connectivity index (χ2v) is 7.70. The number of carbonyl (C=O) groups is 1. The molecule has 0 aliphatic carbocycles. The molecule has 1 saturated heterocycles. The van der Waals surface area contributed by atoms with Gasteiger partial charge in [-0.2, -0.15) is 8.42 Å². The lowest BCUT2D eigenvalue weighted by Gasteiger charge is -2.35. The lowest BCUT2D eigenvalue weighted by molar-refractivity contribution is -0.138. The van der Waals surface area contributed by atoms with Crippen LogP contribution >= 0.6 is 0 Å². The van der Waals surface area contributed by atoms with E-state index in [1.54, 1.807) is 4.90 Å². The number of rotatable bonds is 3. The van der Waals surface area contributed by atoms with Crippen LogP contribution < -0.4 is 4.74 Å². The number of carbonyl (C=O) groups excluding carboxylic acids is 1. The Balaban J connectivity index is 1.56. The van der Waals surface area contributed by atoms with E-state index < -0.39 is 16.0 Å².